The maximum atomic E-state index is 10.2. The lowest BCUT2D eigenvalue weighted by atomic mass is 9.98. The minimum absolute atomic E-state index is 0. The van der Waals surface area contributed by atoms with Crippen LogP contribution in [0.4, 0.5) is 0 Å². The highest BCUT2D eigenvalue weighted by Gasteiger charge is 2.26. The molecule has 1 heterocycles. The van der Waals surface area contributed by atoms with Gasteiger partial charge in [0, 0.05) is 42.8 Å². The predicted molar refractivity (Wildman–Crippen MR) is 94.7 cm³/mol. The summed E-state index contributed by atoms with van der Waals surface area (Å²) in [6.07, 6.45) is 2.03. The van der Waals surface area contributed by atoms with Crippen LogP contribution in [0, 0.1) is 0 Å². The SMILES string of the molecule is CCC[C@@H](c1c(O)cc(Cl)cc1Cl)N1CCNCC1.Cl.Cl. The summed E-state index contributed by atoms with van der Waals surface area (Å²) in [4.78, 5) is 2.38. The van der Waals surface area contributed by atoms with E-state index >= 15 is 0 Å². The molecule has 1 aromatic rings. The first-order chi connectivity index (χ1) is 9.13. The lowest BCUT2D eigenvalue weighted by Gasteiger charge is -2.35. The van der Waals surface area contributed by atoms with Gasteiger partial charge >= 0.3 is 0 Å². The van der Waals surface area contributed by atoms with Crippen molar-refractivity contribution in [1.82, 2.24) is 10.2 Å². The first-order valence-electron chi connectivity index (χ1n) is 6.76. The third kappa shape index (κ3) is 5.34. The molecule has 1 aliphatic heterocycles. The largest absolute Gasteiger partial charge is 0.508 e. The molecule has 7 heteroatoms. The van der Waals surface area contributed by atoms with Crippen LogP contribution in [0.3, 0.4) is 0 Å². The maximum Gasteiger partial charge on any atom is 0.123 e. The van der Waals surface area contributed by atoms with Gasteiger partial charge in [-0.15, -0.1) is 24.8 Å². The fraction of sp³-hybridized carbons (Fsp3) is 0.571. The Morgan fingerprint density at radius 3 is 2.38 bits per heavy atom. The highest BCUT2D eigenvalue weighted by Crippen LogP contribution is 2.39. The summed E-state index contributed by atoms with van der Waals surface area (Å²) < 4.78 is 0. The van der Waals surface area contributed by atoms with Gasteiger partial charge in [0.05, 0.1) is 5.02 Å². The Bertz CT molecular complexity index is 416. The van der Waals surface area contributed by atoms with Crippen LogP contribution in [0.25, 0.3) is 0 Å². The van der Waals surface area contributed by atoms with Gasteiger partial charge in [-0.25, -0.2) is 0 Å². The lowest BCUT2D eigenvalue weighted by Crippen LogP contribution is -2.45. The average Bonchev–Trinajstić information content (AvgIpc) is 2.37. The van der Waals surface area contributed by atoms with Crippen molar-refractivity contribution in [1.29, 1.82) is 0 Å². The van der Waals surface area contributed by atoms with Gasteiger partial charge in [0.15, 0.2) is 0 Å². The molecule has 0 aromatic heterocycles. The maximum absolute atomic E-state index is 10.2. The van der Waals surface area contributed by atoms with Crippen molar-refractivity contribution in [3.05, 3.63) is 27.7 Å². The summed E-state index contributed by atoms with van der Waals surface area (Å²) >= 11 is 12.2. The number of phenolic OH excluding ortho intramolecular Hbond substituents is 1. The normalized spacial score (nSPS) is 16.7. The molecule has 0 bridgehead atoms. The molecule has 0 saturated carbocycles. The van der Waals surface area contributed by atoms with E-state index in [9.17, 15) is 5.11 Å². The van der Waals surface area contributed by atoms with E-state index in [0.717, 1.165) is 44.6 Å². The van der Waals surface area contributed by atoms with Crippen molar-refractivity contribution < 1.29 is 5.11 Å². The summed E-state index contributed by atoms with van der Waals surface area (Å²) in [7, 11) is 0. The molecule has 0 amide bonds. The van der Waals surface area contributed by atoms with Crippen LogP contribution in [0.1, 0.15) is 31.4 Å². The Hall–Kier alpha value is 0.1000. The fourth-order valence-electron chi connectivity index (χ4n) is 2.68. The summed E-state index contributed by atoms with van der Waals surface area (Å²) in [6.45, 7) is 6.06. The van der Waals surface area contributed by atoms with Crippen molar-refractivity contribution in [2.75, 3.05) is 26.2 Å². The number of hydrogen-bond donors (Lipinski definition) is 2. The second-order valence-electron chi connectivity index (χ2n) is 4.91. The second-order valence-corrected chi connectivity index (χ2v) is 5.75. The van der Waals surface area contributed by atoms with E-state index in [1.54, 1.807) is 12.1 Å². The van der Waals surface area contributed by atoms with Gasteiger partial charge in [-0.05, 0) is 18.6 Å². The molecule has 1 aromatic carbocycles. The minimum atomic E-state index is 0. The number of nitrogens with one attached hydrogen (secondary N) is 1. The zero-order valence-electron chi connectivity index (χ0n) is 11.9. The molecular formula is C14H22Cl4N2O. The van der Waals surface area contributed by atoms with Crippen LogP contribution in [0.2, 0.25) is 10.0 Å². The number of rotatable bonds is 4. The number of hydrogen-bond acceptors (Lipinski definition) is 3. The third-order valence-corrected chi connectivity index (χ3v) is 4.09. The van der Waals surface area contributed by atoms with Gasteiger partial charge in [0.2, 0.25) is 0 Å². The van der Waals surface area contributed by atoms with E-state index in [4.69, 9.17) is 23.2 Å². The number of benzene rings is 1. The Labute approximate surface area is 148 Å². The van der Waals surface area contributed by atoms with Gasteiger partial charge in [0.1, 0.15) is 5.75 Å². The van der Waals surface area contributed by atoms with Crippen molar-refractivity contribution in [3.8, 4) is 5.75 Å². The molecule has 1 fully saturated rings. The molecule has 1 atom stereocenters. The summed E-state index contributed by atoms with van der Waals surface area (Å²) in [5.74, 6) is 0.203. The standard InChI is InChI=1S/C14H20Cl2N2O.2ClH/c1-2-3-12(18-6-4-17-5-7-18)14-11(16)8-10(15)9-13(14)19;;/h8-9,12,17,19H,2-7H2,1H3;2*1H/t12-;;/m0../s1. The smallest absolute Gasteiger partial charge is 0.123 e. The second kappa shape index (κ2) is 9.98. The molecule has 1 saturated heterocycles. The number of nitrogens with zero attached hydrogens (tertiary/aromatic N) is 1. The van der Waals surface area contributed by atoms with Crippen molar-refractivity contribution in [3.63, 3.8) is 0 Å². The lowest BCUT2D eigenvalue weighted by molar-refractivity contribution is 0.162. The Balaban J connectivity index is 0.00000200. The third-order valence-electron chi connectivity index (χ3n) is 3.56. The summed E-state index contributed by atoms with van der Waals surface area (Å²) in [5.41, 5.74) is 0.815. The van der Waals surface area contributed by atoms with Gasteiger partial charge < -0.3 is 10.4 Å². The highest BCUT2D eigenvalue weighted by molar-refractivity contribution is 6.35. The van der Waals surface area contributed by atoms with Gasteiger partial charge in [0.25, 0.3) is 0 Å². The molecule has 122 valence electrons. The van der Waals surface area contributed by atoms with Crippen molar-refractivity contribution in [2.45, 2.75) is 25.8 Å². The Kier molecular flexibility index (Phi) is 10.0. The van der Waals surface area contributed by atoms with Gasteiger partial charge in [-0.2, -0.15) is 0 Å². The molecule has 0 spiro atoms. The number of halogens is 4. The minimum Gasteiger partial charge on any atom is -0.508 e. The zero-order valence-corrected chi connectivity index (χ0v) is 15.1. The van der Waals surface area contributed by atoms with E-state index in [1.807, 2.05) is 0 Å². The summed E-state index contributed by atoms with van der Waals surface area (Å²) in [6, 6.07) is 3.45. The van der Waals surface area contributed by atoms with Crippen LogP contribution >= 0.6 is 48.0 Å². The number of aromatic hydroxyl groups is 1. The molecule has 0 aliphatic carbocycles. The first kappa shape index (κ1) is 21.1. The molecule has 21 heavy (non-hydrogen) atoms. The molecule has 0 radical (unpaired) electrons. The zero-order chi connectivity index (χ0) is 13.8. The van der Waals surface area contributed by atoms with Crippen LogP contribution in [-0.4, -0.2) is 36.2 Å². The van der Waals surface area contributed by atoms with E-state index in [1.165, 1.54) is 0 Å². The molecular weight excluding hydrogens is 354 g/mol. The Morgan fingerprint density at radius 2 is 1.86 bits per heavy atom. The highest BCUT2D eigenvalue weighted by atomic mass is 35.5. The van der Waals surface area contributed by atoms with Crippen LogP contribution in [0.15, 0.2) is 12.1 Å². The number of phenols is 1. The van der Waals surface area contributed by atoms with Gasteiger partial charge in [-0.1, -0.05) is 36.5 Å². The van der Waals surface area contributed by atoms with Gasteiger partial charge in [-0.3, -0.25) is 4.90 Å². The Morgan fingerprint density at radius 1 is 1.24 bits per heavy atom. The predicted octanol–water partition coefficient (Wildman–Crippen LogP) is 4.29. The van der Waals surface area contributed by atoms with Crippen molar-refractivity contribution in [2.24, 2.45) is 0 Å². The van der Waals surface area contributed by atoms with E-state index in [2.05, 4.69) is 17.1 Å². The van der Waals surface area contributed by atoms with Crippen LogP contribution < -0.4 is 5.32 Å². The first-order valence-corrected chi connectivity index (χ1v) is 7.51. The number of piperazine rings is 1. The average molecular weight is 376 g/mol. The molecule has 3 nitrogen and oxygen atoms in total. The molecule has 0 unspecified atom stereocenters. The van der Waals surface area contributed by atoms with Crippen LogP contribution in [-0.2, 0) is 0 Å². The van der Waals surface area contributed by atoms with E-state index in [-0.39, 0.29) is 36.6 Å². The topological polar surface area (TPSA) is 35.5 Å². The molecule has 2 rings (SSSR count). The van der Waals surface area contributed by atoms with Crippen LogP contribution in [0.5, 0.6) is 5.75 Å². The molecule has 1 aliphatic rings. The van der Waals surface area contributed by atoms with E-state index in [0.29, 0.717) is 10.0 Å². The van der Waals surface area contributed by atoms with E-state index < -0.39 is 0 Å². The summed E-state index contributed by atoms with van der Waals surface area (Å²) in [5, 5.41) is 14.6. The van der Waals surface area contributed by atoms with Crippen molar-refractivity contribution >= 4 is 48.0 Å². The quantitative estimate of drug-likeness (QED) is 0.823. The monoisotopic (exact) mass is 374 g/mol. The molecule has 2 N–H and O–H groups in total. The fourth-order valence-corrected chi connectivity index (χ4v) is 3.29.